The fourth-order valence-corrected chi connectivity index (χ4v) is 3.12. The molecule has 0 aliphatic heterocycles. The van der Waals surface area contributed by atoms with Crippen molar-refractivity contribution in [3.8, 4) is 22.3 Å². The number of carbonyl (C=O) groups is 1. The molecule has 6 nitrogen and oxygen atoms in total. The van der Waals surface area contributed by atoms with Crippen LogP contribution in [0.5, 0.6) is 0 Å². The number of carbonyl (C=O) groups excluding carboxylic acids is 1. The fourth-order valence-electron chi connectivity index (χ4n) is 2.71. The number of rotatable bonds is 4. The highest BCUT2D eigenvalue weighted by Crippen LogP contribution is 2.26. The first-order valence-corrected chi connectivity index (χ1v) is 10.3. The minimum absolute atomic E-state index is 0. The molecule has 0 saturated carbocycles. The Labute approximate surface area is 176 Å². The normalized spacial score (nSPS) is 11.4. The smallest absolute Gasteiger partial charge is 0.257 e. The van der Waals surface area contributed by atoms with Crippen LogP contribution in [0, 0.1) is 0 Å². The van der Waals surface area contributed by atoms with Gasteiger partial charge in [-0.05, 0) is 40.5 Å². The second kappa shape index (κ2) is 9.36. The van der Waals surface area contributed by atoms with Crippen molar-refractivity contribution < 1.29 is 13.2 Å². The van der Waals surface area contributed by atoms with E-state index in [2.05, 4.69) is 27.9 Å². The van der Waals surface area contributed by atoms with E-state index in [1.54, 1.807) is 12.1 Å². The van der Waals surface area contributed by atoms with Gasteiger partial charge in [0.05, 0.1) is 6.26 Å². The lowest BCUT2D eigenvalue weighted by Crippen LogP contribution is -2.37. The van der Waals surface area contributed by atoms with Gasteiger partial charge in [-0.3, -0.25) is 10.1 Å². The largest absolute Gasteiger partial charge is 0.369 e. The average Bonchev–Trinajstić information content (AvgIpc) is 2.67. The van der Waals surface area contributed by atoms with Crippen molar-refractivity contribution in [3.63, 3.8) is 0 Å². The average molecular weight is 430 g/mol. The minimum Gasteiger partial charge on any atom is -0.369 e. The molecule has 150 valence electrons. The number of guanidine groups is 1. The zero-order valence-corrected chi connectivity index (χ0v) is 17.2. The van der Waals surface area contributed by atoms with Gasteiger partial charge in [0.2, 0.25) is 5.96 Å². The number of amides is 1. The van der Waals surface area contributed by atoms with E-state index < -0.39 is 21.9 Å². The predicted octanol–water partition coefficient (Wildman–Crippen LogP) is 3.45. The van der Waals surface area contributed by atoms with Gasteiger partial charge in [-0.15, -0.1) is 16.8 Å². The van der Waals surface area contributed by atoms with Crippen LogP contribution in [-0.2, 0) is 10.0 Å². The van der Waals surface area contributed by atoms with Crippen molar-refractivity contribution in [2.24, 2.45) is 10.1 Å². The lowest BCUT2D eigenvalue weighted by Gasteiger charge is -2.08. The zero-order chi connectivity index (χ0) is 20.1. The molecule has 3 N–H and O–H groups in total. The van der Waals surface area contributed by atoms with E-state index in [1.165, 1.54) is 0 Å². The highest BCUT2D eigenvalue weighted by molar-refractivity contribution is 7.89. The molecule has 0 unspecified atom stereocenters. The summed E-state index contributed by atoms with van der Waals surface area (Å²) in [5.41, 5.74) is 9.97. The summed E-state index contributed by atoms with van der Waals surface area (Å²) in [6.07, 6.45) is 0.893. The van der Waals surface area contributed by atoms with E-state index in [-0.39, 0.29) is 12.4 Å². The van der Waals surface area contributed by atoms with Crippen molar-refractivity contribution in [2.75, 3.05) is 6.26 Å². The highest BCUT2D eigenvalue weighted by atomic mass is 35.5. The highest BCUT2D eigenvalue weighted by Gasteiger charge is 2.09. The van der Waals surface area contributed by atoms with Gasteiger partial charge in [0, 0.05) is 5.56 Å². The fraction of sp³-hybridized carbons (Fsp3) is 0.0476. The molecule has 8 heteroatoms. The molecule has 0 fully saturated rings. The van der Waals surface area contributed by atoms with E-state index in [9.17, 15) is 13.2 Å². The van der Waals surface area contributed by atoms with Gasteiger partial charge in [0.1, 0.15) is 0 Å². The molecule has 3 aromatic rings. The summed E-state index contributed by atoms with van der Waals surface area (Å²) in [5.74, 6) is -0.998. The number of hydrogen-bond acceptors (Lipinski definition) is 3. The Morgan fingerprint density at radius 1 is 0.828 bits per heavy atom. The van der Waals surface area contributed by atoms with Crippen molar-refractivity contribution in [2.45, 2.75) is 0 Å². The molecule has 0 bridgehead atoms. The first-order chi connectivity index (χ1) is 13.3. The Kier molecular flexibility index (Phi) is 7.14. The molecule has 0 aromatic heterocycles. The van der Waals surface area contributed by atoms with Crippen LogP contribution in [0.25, 0.3) is 22.3 Å². The lowest BCUT2D eigenvalue weighted by molar-refractivity contribution is 0.0977. The van der Waals surface area contributed by atoms with Crippen molar-refractivity contribution in [3.05, 3.63) is 84.4 Å². The van der Waals surface area contributed by atoms with Gasteiger partial charge in [-0.2, -0.15) is 0 Å². The number of hydrogen-bond donors (Lipinski definition) is 2. The number of nitrogens with one attached hydrogen (secondary N) is 1. The van der Waals surface area contributed by atoms with Crippen molar-refractivity contribution in [1.82, 2.24) is 5.32 Å². The quantitative estimate of drug-likeness (QED) is 0.489. The van der Waals surface area contributed by atoms with Crippen LogP contribution in [0.1, 0.15) is 10.4 Å². The molecule has 3 rings (SSSR count). The van der Waals surface area contributed by atoms with Crippen LogP contribution in [0.15, 0.2) is 83.3 Å². The van der Waals surface area contributed by atoms with Crippen molar-refractivity contribution >= 4 is 34.3 Å². The van der Waals surface area contributed by atoms with Crippen LogP contribution in [0.4, 0.5) is 0 Å². The molecule has 0 saturated heterocycles. The first-order valence-electron chi connectivity index (χ1n) is 8.44. The summed E-state index contributed by atoms with van der Waals surface area (Å²) in [4.78, 5) is 12.2. The molecule has 3 aromatic carbocycles. The van der Waals surface area contributed by atoms with Gasteiger partial charge in [0.15, 0.2) is 0 Å². The molecule has 0 atom stereocenters. The number of sulfonamides is 1. The second-order valence-electron chi connectivity index (χ2n) is 6.19. The number of nitrogens with two attached hydrogens (primary N) is 1. The van der Waals surface area contributed by atoms with Crippen LogP contribution >= 0.6 is 12.4 Å². The zero-order valence-electron chi connectivity index (χ0n) is 15.6. The van der Waals surface area contributed by atoms with E-state index >= 15 is 0 Å². The van der Waals surface area contributed by atoms with Crippen LogP contribution in [-0.4, -0.2) is 26.5 Å². The number of nitrogens with zero attached hydrogens (tertiary/aromatic N) is 1. The molecule has 29 heavy (non-hydrogen) atoms. The maximum atomic E-state index is 12.2. The van der Waals surface area contributed by atoms with E-state index in [4.69, 9.17) is 5.73 Å². The van der Waals surface area contributed by atoms with E-state index in [1.807, 2.05) is 48.5 Å². The van der Waals surface area contributed by atoms with Gasteiger partial charge in [-0.25, -0.2) is 8.42 Å². The molecule has 0 aliphatic rings. The third-order valence-electron chi connectivity index (χ3n) is 3.96. The summed E-state index contributed by atoms with van der Waals surface area (Å²) in [5, 5.41) is 2.25. The Morgan fingerprint density at radius 3 is 1.90 bits per heavy atom. The molecule has 1 amide bonds. The molecule has 0 heterocycles. The Hall–Kier alpha value is -3.16. The standard InChI is InChI=1S/C21H19N3O3S.ClH/c1-28(26,27)24-21(22)23-20(25)17-12-10-16(11-13-17)19-9-5-8-18(14-19)15-6-3-2-4-7-15;/h2-14H,1H3,(H3,22,23,24,25);1H. The van der Waals surface area contributed by atoms with Gasteiger partial charge < -0.3 is 5.73 Å². The summed E-state index contributed by atoms with van der Waals surface area (Å²) in [6, 6.07) is 25.1. The third-order valence-corrected chi connectivity index (χ3v) is 4.48. The maximum Gasteiger partial charge on any atom is 0.257 e. The summed E-state index contributed by atoms with van der Waals surface area (Å²) in [7, 11) is -3.67. The number of benzene rings is 3. The Bertz CT molecular complexity index is 1130. The van der Waals surface area contributed by atoms with Gasteiger partial charge in [-0.1, -0.05) is 60.7 Å². The predicted molar refractivity (Wildman–Crippen MR) is 118 cm³/mol. The summed E-state index contributed by atoms with van der Waals surface area (Å²) >= 11 is 0. The SMILES string of the molecule is CS(=O)(=O)/N=C(\N)NC(=O)c1ccc(-c2cccc(-c3ccccc3)c2)cc1.Cl. The molecular formula is C21H20ClN3O3S. The van der Waals surface area contributed by atoms with Gasteiger partial charge >= 0.3 is 0 Å². The minimum atomic E-state index is -3.67. The number of halogens is 1. The molecule has 0 aliphatic carbocycles. The molecular weight excluding hydrogens is 410 g/mol. The van der Waals surface area contributed by atoms with Crippen LogP contribution < -0.4 is 11.1 Å². The van der Waals surface area contributed by atoms with E-state index in [0.717, 1.165) is 28.5 Å². The Morgan fingerprint density at radius 2 is 1.34 bits per heavy atom. The maximum absolute atomic E-state index is 12.2. The summed E-state index contributed by atoms with van der Waals surface area (Å²) in [6.45, 7) is 0. The Balaban J connectivity index is 0.00000300. The molecule has 0 spiro atoms. The van der Waals surface area contributed by atoms with Crippen LogP contribution in [0.3, 0.4) is 0 Å². The van der Waals surface area contributed by atoms with Gasteiger partial charge in [0.25, 0.3) is 15.9 Å². The van der Waals surface area contributed by atoms with E-state index in [0.29, 0.717) is 5.56 Å². The molecule has 0 radical (unpaired) electrons. The summed E-state index contributed by atoms with van der Waals surface area (Å²) < 4.78 is 25.4. The second-order valence-corrected chi connectivity index (χ2v) is 7.84. The third kappa shape index (κ3) is 6.17. The lowest BCUT2D eigenvalue weighted by atomic mass is 9.98. The van der Waals surface area contributed by atoms with Crippen LogP contribution in [0.2, 0.25) is 0 Å². The first kappa shape index (κ1) is 22.1. The topological polar surface area (TPSA) is 102 Å². The van der Waals surface area contributed by atoms with Crippen molar-refractivity contribution in [1.29, 1.82) is 0 Å². The monoisotopic (exact) mass is 429 g/mol.